The van der Waals surface area contributed by atoms with Gasteiger partial charge in [0.05, 0.1) is 28.4 Å². The molecular weight excluding hydrogens is 487 g/mol. The summed E-state index contributed by atoms with van der Waals surface area (Å²) in [5.41, 5.74) is -4.91. The molecule has 8 nitrogen and oxygen atoms in total. The summed E-state index contributed by atoms with van der Waals surface area (Å²) in [7, 11) is 4.13. The number of rotatable bonds is 6. The van der Waals surface area contributed by atoms with Crippen LogP contribution in [0.15, 0.2) is 60.7 Å². The van der Waals surface area contributed by atoms with Gasteiger partial charge >= 0.3 is 23.9 Å². The molecule has 0 aliphatic heterocycles. The van der Waals surface area contributed by atoms with Crippen LogP contribution >= 0.6 is 23.2 Å². The van der Waals surface area contributed by atoms with Crippen LogP contribution in [-0.2, 0) is 49.0 Å². The van der Waals surface area contributed by atoms with Crippen molar-refractivity contribution < 1.29 is 38.1 Å². The lowest BCUT2D eigenvalue weighted by Crippen LogP contribution is -2.95. The number of esters is 4. The van der Waals surface area contributed by atoms with Crippen molar-refractivity contribution in [2.24, 2.45) is 0 Å². The summed E-state index contributed by atoms with van der Waals surface area (Å²) in [6, 6.07) is 15.2. The Kier molecular flexibility index (Phi) is 6.70. The monoisotopic (exact) mass is 508 g/mol. The van der Waals surface area contributed by atoms with Crippen molar-refractivity contribution in [2.75, 3.05) is 28.4 Å². The Morgan fingerprint density at radius 3 is 1.03 bits per heavy atom. The number of benzene rings is 2. The second kappa shape index (κ2) is 8.92. The third-order valence-corrected chi connectivity index (χ3v) is 7.84. The molecule has 0 radical (unpaired) electrons. The SMILES string of the molecule is COC(=O)C1(Cl)C(C(=O)OC)(c2ccccc2)C(Cl)(C(=O)OC)C1(C(=O)OC)c1ccccc1. The highest BCUT2D eigenvalue weighted by molar-refractivity contribution is 6.52. The highest BCUT2D eigenvalue weighted by atomic mass is 35.5. The molecule has 10 heteroatoms. The maximum Gasteiger partial charge on any atom is 0.330 e. The van der Waals surface area contributed by atoms with Crippen LogP contribution in [0.3, 0.4) is 0 Å². The van der Waals surface area contributed by atoms with Crippen molar-refractivity contribution in [2.45, 2.75) is 20.6 Å². The second-order valence-corrected chi connectivity index (χ2v) is 8.65. The maximum absolute atomic E-state index is 13.7. The Bertz CT molecular complexity index is 1020. The summed E-state index contributed by atoms with van der Waals surface area (Å²) >= 11 is 14.3. The van der Waals surface area contributed by atoms with E-state index in [9.17, 15) is 19.2 Å². The molecule has 34 heavy (non-hydrogen) atoms. The third kappa shape index (κ3) is 2.61. The first-order valence-corrected chi connectivity index (χ1v) is 10.7. The van der Waals surface area contributed by atoms with Crippen molar-refractivity contribution >= 4 is 47.1 Å². The predicted molar refractivity (Wildman–Crippen MR) is 121 cm³/mol. The summed E-state index contributed by atoms with van der Waals surface area (Å²) < 4.78 is 20.1. The Morgan fingerprint density at radius 1 is 0.529 bits per heavy atom. The first-order valence-electron chi connectivity index (χ1n) is 9.97. The summed E-state index contributed by atoms with van der Waals surface area (Å²) in [6.45, 7) is 0. The normalized spacial score (nSPS) is 29.8. The van der Waals surface area contributed by atoms with E-state index in [4.69, 9.17) is 42.1 Å². The molecule has 2 aromatic rings. The van der Waals surface area contributed by atoms with Gasteiger partial charge in [-0.3, -0.25) is 19.2 Å². The molecule has 0 atom stereocenters. The number of hydrogen-bond donors (Lipinski definition) is 0. The minimum absolute atomic E-state index is 0.0260. The van der Waals surface area contributed by atoms with E-state index in [-0.39, 0.29) is 11.1 Å². The zero-order valence-corrected chi connectivity index (χ0v) is 20.3. The highest BCUT2D eigenvalue weighted by Gasteiger charge is 3.00. The molecule has 0 unspecified atom stereocenters. The van der Waals surface area contributed by atoms with Gasteiger partial charge < -0.3 is 18.9 Å². The number of carbonyl (C=O) groups excluding carboxylic acids is 4. The molecule has 2 aromatic carbocycles. The van der Waals surface area contributed by atoms with Gasteiger partial charge in [-0.1, -0.05) is 60.7 Å². The number of ether oxygens (including phenoxy) is 4. The van der Waals surface area contributed by atoms with E-state index in [1.54, 1.807) is 36.4 Å². The lowest BCUT2D eigenvalue weighted by Gasteiger charge is -2.70. The third-order valence-electron chi connectivity index (χ3n) is 6.40. The van der Waals surface area contributed by atoms with Crippen LogP contribution in [0.25, 0.3) is 0 Å². The van der Waals surface area contributed by atoms with Gasteiger partial charge in [0.1, 0.15) is 0 Å². The van der Waals surface area contributed by atoms with Gasteiger partial charge in [0.25, 0.3) is 0 Å². The Hall–Kier alpha value is -3.10. The smallest absolute Gasteiger partial charge is 0.330 e. The first-order chi connectivity index (χ1) is 16.1. The number of hydrogen-bond acceptors (Lipinski definition) is 8. The van der Waals surface area contributed by atoms with Gasteiger partial charge in [-0.15, -0.1) is 23.2 Å². The van der Waals surface area contributed by atoms with Crippen LogP contribution in [0.4, 0.5) is 0 Å². The summed E-state index contributed by atoms with van der Waals surface area (Å²) in [5.74, 6) is -4.74. The molecule has 3 rings (SSSR count). The average Bonchev–Trinajstić information content (AvgIpc) is 2.88. The van der Waals surface area contributed by atoms with Gasteiger partial charge in [-0.25, -0.2) is 0 Å². The second-order valence-electron chi connectivity index (χ2n) is 7.52. The molecule has 1 aliphatic rings. The number of halogens is 2. The van der Waals surface area contributed by atoms with Crippen molar-refractivity contribution in [1.82, 2.24) is 0 Å². The molecule has 0 N–H and O–H groups in total. The van der Waals surface area contributed by atoms with Crippen LogP contribution in [0.2, 0.25) is 0 Å². The topological polar surface area (TPSA) is 105 Å². The first kappa shape index (κ1) is 25.5. The maximum atomic E-state index is 13.7. The lowest BCUT2D eigenvalue weighted by molar-refractivity contribution is -0.199. The molecule has 0 bridgehead atoms. The molecule has 1 aliphatic carbocycles. The van der Waals surface area contributed by atoms with Gasteiger partial charge in [-0.2, -0.15) is 0 Å². The molecule has 1 fully saturated rings. The predicted octanol–water partition coefficient (Wildman–Crippen LogP) is 2.52. The fourth-order valence-electron chi connectivity index (χ4n) is 5.14. The van der Waals surface area contributed by atoms with Crippen LogP contribution < -0.4 is 0 Å². The minimum atomic E-state index is -2.65. The van der Waals surface area contributed by atoms with E-state index in [2.05, 4.69) is 0 Å². The van der Waals surface area contributed by atoms with Crippen molar-refractivity contribution in [1.29, 1.82) is 0 Å². The van der Waals surface area contributed by atoms with E-state index >= 15 is 0 Å². The minimum Gasteiger partial charge on any atom is -0.468 e. The van der Waals surface area contributed by atoms with Crippen LogP contribution in [0, 0.1) is 0 Å². The fourth-order valence-corrected chi connectivity index (χ4v) is 6.71. The summed E-state index contributed by atoms with van der Waals surface area (Å²) in [4.78, 5) is 49.1. The Balaban J connectivity index is 2.68. The Morgan fingerprint density at radius 2 is 0.794 bits per heavy atom. The molecule has 1 saturated carbocycles. The standard InChI is InChI=1S/C24H22Cl2O8/c1-31-17(27)21(15-11-7-5-8-12-15)23(25,19(29)33-3)22(18(28)32-2,16-13-9-6-10-14-16)24(21,26)20(30)34-4/h5-14H,1-4H3. The molecule has 0 saturated heterocycles. The van der Waals surface area contributed by atoms with E-state index in [1.807, 2.05) is 0 Å². The summed E-state index contributed by atoms with van der Waals surface area (Å²) in [6.07, 6.45) is 0. The average molecular weight is 509 g/mol. The molecule has 0 spiro atoms. The molecule has 0 amide bonds. The largest absolute Gasteiger partial charge is 0.468 e. The molecule has 180 valence electrons. The Labute approximate surface area is 206 Å². The van der Waals surface area contributed by atoms with E-state index in [0.29, 0.717) is 0 Å². The van der Waals surface area contributed by atoms with Gasteiger partial charge in [0.15, 0.2) is 20.6 Å². The van der Waals surface area contributed by atoms with Gasteiger partial charge in [-0.05, 0) is 11.1 Å². The van der Waals surface area contributed by atoms with Gasteiger partial charge in [0, 0.05) is 0 Å². The number of carbonyl (C=O) groups is 4. The number of alkyl halides is 2. The quantitative estimate of drug-likeness (QED) is 0.333. The van der Waals surface area contributed by atoms with Crippen LogP contribution in [-0.4, -0.2) is 62.1 Å². The molecule has 0 aromatic heterocycles. The molecule has 0 heterocycles. The highest BCUT2D eigenvalue weighted by Crippen LogP contribution is 2.76. The lowest BCUT2D eigenvalue weighted by atomic mass is 9.34. The van der Waals surface area contributed by atoms with Crippen molar-refractivity contribution in [3.8, 4) is 0 Å². The van der Waals surface area contributed by atoms with Crippen LogP contribution in [0.5, 0.6) is 0 Å². The zero-order valence-electron chi connectivity index (χ0n) is 18.8. The number of methoxy groups -OCH3 is 4. The van der Waals surface area contributed by atoms with E-state index < -0.39 is 44.5 Å². The van der Waals surface area contributed by atoms with Crippen LogP contribution in [0.1, 0.15) is 11.1 Å². The van der Waals surface area contributed by atoms with Crippen molar-refractivity contribution in [3.63, 3.8) is 0 Å². The summed E-state index contributed by atoms with van der Waals surface area (Å²) in [5, 5.41) is 0. The van der Waals surface area contributed by atoms with Crippen molar-refractivity contribution in [3.05, 3.63) is 71.8 Å². The zero-order chi connectivity index (χ0) is 25.4. The fraction of sp³-hybridized carbons (Fsp3) is 0.333. The molecular formula is C24H22Cl2O8. The van der Waals surface area contributed by atoms with E-state index in [1.165, 1.54) is 24.3 Å². The van der Waals surface area contributed by atoms with E-state index in [0.717, 1.165) is 28.4 Å². The van der Waals surface area contributed by atoms with Gasteiger partial charge in [0.2, 0.25) is 0 Å².